The summed E-state index contributed by atoms with van der Waals surface area (Å²) in [5.41, 5.74) is 0. The van der Waals surface area contributed by atoms with Crippen LogP contribution in [0.3, 0.4) is 0 Å². The minimum atomic E-state index is 0.118. The van der Waals surface area contributed by atoms with Crippen molar-refractivity contribution < 1.29 is 4.79 Å². The van der Waals surface area contributed by atoms with Crippen molar-refractivity contribution in [3.8, 4) is 0 Å². The van der Waals surface area contributed by atoms with E-state index in [0.29, 0.717) is 11.9 Å². The van der Waals surface area contributed by atoms with Gasteiger partial charge in [-0.2, -0.15) is 0 Å². The lowest BCUT2D eigenvalue weighted by molar-refractivity contribution is -0.138. The molecule has 2 atom stereocenters. The van der Waals surface area contributed by atoms with Gasteiger partial charge in [0, 0.05) is 25.0 Å². The molecule has 100 valence electrons. The van der Waals surface area contributed by atoms with E-state index in [-0.39, 0.29) is 5.92 Å². The molecule has 1 rings (SSSR count). The van der Waals surface area contributed by atoms with Crippen LogP contribution in [0.5, 0.6) is 0 Å². The molecule has 3 heteroatoms. The van der Waals surface area contributed by atoms with Crippen molar-refractivity contribution in [2.45, 2.75) is 58.9 Å². The molecule has 1 aliphatic heterocycles. The van der Waals surface area contributed by atoms with Crippen LogP contribution in [0.4, 0.5) is 0 Å². The molecular formula is C14H28N2O. The first kappa shape index (κ1) is 14.5. The third kappa shape index (κ3) is 4.30. The number of nitrogens with zero attached hydrogens (tertiary/aromatic N) is 1. The van der Waals surface area contributed by atoms with Gasteiger partial charge in [0.2, 0.25) is 5.91 Å². The molecule has 2 unspecified atom stereocenters. The largest absolute Gasteiger partial charge is 0.339 e. The Morgan fingerprint density at radius 1 is 1.41 bits per heavy atom. The summed E-state index contributed by atoms with van der Waals surface area (Å²) in [6, 6.07) is 0.505. The fourth-order valence-corrected chi connectivity index (χ4v) is 2.66. The molecule has 0 aliphatic carbocycles. The van der Waals surface area contributed by atoms with E-state index < -0.39 is 0 Å². The zero-order chi connectivity index (χ0) is 12.7. The van der Waals surface area contributed by atoms with Gasteiger partial charge in [-0.05, 0) is 32.2 Å². The van der Waals surface area contributed by atoms with Gasteiger partial charge >= 0.3 is 0 Å². The molecule has 3 nitrogen and oxygen atoms in total. The second-order valence-corrected chi connectivity index (χ2v) is 5.18. The predicted octanol–water partition coefficient (Wildman–Crippen LogP) is 2.41. The van der Waals surface area contributed by atoms with Gasteiger partial charge in [-0.15, -0.1) is 0 Å². The normalized spacial score (nSPS) is 22.5. The SMILES string of the molecule is CCCC1CCCCN1C(=O)C(C)CNCC. The lowest BCUT2D eigenvalue weighted by atomic mass is 9.96. The van der Waals surface area contributed by atoms with Gasteiger partial charge in [0.25, 0.3) is 0 Å². The Morgan fingerprint density at radius 2 is 2.18 bits per heavy atom. The zero-order valence-corrected chi connectivity index (χ0v) is 11.7. The molecule has 1 aliphatic rings. The molecule has 0 spiro atoms. The Morgan fingerprint density at radius 3 is 2.82 bits per heavy atom. The van der Waals surface area contributed by atoms with Gasteiger partial charge < -0.3 is 10.2 Å². The number of likely N-dealkylation sites (tertiary alicyclic amines) is 1. The monoisotopic (exact) mass is 240 g/mol. The molecule has 17 heavy (non-hydrogen) atoms. The zero-order valence-electron chi connectivity index (χ0n) is 11.7. The molecule has 1 saturated heterocycles. The van der Waals surface area contributed by atoms with Gasteiger partial charge in [0.1, 0.15) is 0 Å². The number of hydrogen-bond donors (Lipinski definition) is 1. The maximum atomic E-state index is 12.4. The van der Waals surface area contributed by atoms with E-state index in [1.807, 2.05) is 6.92 Å². The summed E-state index contributed by atoms with van der Waals surface area (Å²) in [6.07, 6.45) is 6.01. The Bertz CT molecular complexity index is 228. The molecule has 1 fully saturated rings. The molecule has 1 amide bonds. The smallest absolute Gasteiger partial charge is 0.226 e. The Hall–Kier alpha value is -0.570. The molecule has 1 N–H and O–H groups in total. The topological polar surface area (TPSA) is 32.3 Å². The highest BCUT2D eigenvalue weighted by molar-refractivity contribution is 5.79. The van der Waals surface area contributed by atoms with Crippen molar-refractivity contribution >= 4 is 5.91 Å². The maximum Gasteiger partial charge on any atom is 0.226 e. The minimum absolute atomic E-state index is 0.118. The van der Waals surface area contributed by atoms with Crippen LogP contribution < -0.4 is 5.32 Å². The van der Waals surface area contributed by atoms with Crippen LogP contribution in [0.2, 0.25) is 0 Å². The number of hydrogen-bond acceptors (Lipinski definition) is 2. The highest BCUT2D eigenvalue weighted by Crippen LogP contribution is 2.22. The van der Waals surface area contributed by atoms with E-state index in [4.69, 9.17) is 0 Å². The number of rotatable bonds is 6. The van der Waals surface area contributed by atoms with Crippen LogP contribution in [0.25, 0.3) is 0 Å². The first-order chi connectivity index (χ1) is 8.20. The summed E-state index contributed by atoms with van der Waals surface area (Å²) in [5, 5.41) is 3.27. The van der Waals surface area contributed by atoms with Crippen molar-refractivity contribution in [3.63, 3.8) is 0 Å². The fraction of sp³-hybridized carbons (Fsp3) is 0.929. The molecule has 0 aromatic heterocycles. The third-order valence-corrected chi connectivity index (χ3v) is 3.65. The average molecular weight is 240 g/mol. The molecule has 0 aromatic rings. The Balaban J connectivity index is 2.51. The van der Waals surface area contributed by atoms with Crippen molar-refractivity contribution in [3.05, 3.63) is 0 Å². The molecule has 0 saturated carbocycles. The van der Waals surface area contributed by atoms with Crippen molar-refractivity contribution in [2.75, 3.05) is 19.6 Å². The average Bonchev–Trinajstić information content (AvgIpc) is 2.36. The number of nitrogens with one attached hydrogen (secondary N) is 1. The van der Waals surface area contributed by atoms with Gasteiger partial charge in [0.15, 0.2) is 0 Å². The summed E-state index contributed by atoms with van der Waals surface area (Å²) in [4.78, 5) is 14.5. The fourth-order valence-electron chi connectivity index (χ4n) is 2.66. The lowest BCUT2D eigenvalue weighted by Crippen LogP contribution is -2.47. The number of carbonyl (C=O) groups is 1. The van der Waals surface area contributed by atoms with E-state index in [9.17, 15) is 4.79 Å². The summed E-state index contributed by atoms with van der Waals surface area (Å²) < 4.78 is 0. The van der Waals surface area contributed by atoms with E-state index in [0.717, 1.165) is 19.6 Å². The highest BCUT2D eigenvalue weighted by Gasteiger charge is 2.28. The molecule has 1 heterocycles. The minimum Gasteiger partial charge on any atom is -0.339 e. The highest BCUT2D eigenvalue weighted by atomic mass is 16.2. The number of piperidine rings is 1. The van der Waals surface area contributed by atoms with Crippen molar-refractivity contribution in [2.24, 2.45) is 5.92 Å². The van der Waals surface area contributed by atoms with Crippen LogP contribution >= 0.6 is 0 Å². The second-order valence-electron chi connectivity index (χ2n) is 5.18. The Kier molecular flexibility index (Phi) is 6.56. The van der Waals surface area contributed by atoms with E-state index in [2.05, 4.69) is 24.1 Å². The first-order valence-electron chi connectivity index (χ1n) is 7.21. The second kappa shape index (κ2) is 7.70. The van der Waals surface area contributed by atoms with Crippen molar-refractivity contribution in [1.29, 1.82) is 0 Å². The summed E-state index contributed by atoms with van der Waals surface area (Å²) in [5.74, 6) is 0.469. The quantitative estimate of drug-likeness (QED) is 0.773. The first-order valence-corrected chi connectivity index (χ1v) is 7.21. The van der Waals surface area contributed by atoms with Gasteiger partial charge in [0.05, 0.1) is 0 Å². The maximum absolute atomic E-state index is 12.4. The van der Waals surface area contributed by atoms with E-state index in [1.165, 1.54) is 32.1 Å². The Labute approximate surface area is 106 Å². The summed E-state index contributed by atoms with van der Waals surface area (Å²) in [7, 11) is 0. The van der Waals surface area contributed by atoms with Gasteiger partial charge in [-0.25, -0.2) is 0 Å². The van der Waals surface area contributed by atoms with Gasteiger partial charge in [-0.3, -0.25) is 4.79 Å². The summed E-state index contributed by atoms with van der Waals surface area (Å²) >= 11 is 0. The molecular weight excluding hydrogens is 212 g/mol. The van der Waals surface area contributed by atoms with Crippen LogP contribution in [-0.4, -0.2) is 36.5 Å². The number of carbonyl (C=O) groups excluding carboxylic acids is 1. The number of amides is 1. The van der Waals surface area contributed by atoms with Crippen LogP contribution in [-0.2, 0) is 4.79 Å². The lowest BCUT2D eigenvalue weighted by Gasteiger charge is -2.37. The van der Waals surface area contributed by atoms with Crippen LogP contribution in [0, 0.1) is 5.92 Å². The molecule has 0 bridgehead atoms. The van der Waals surface area contributed by atoms with Gasteiger partial charge in [-0.1, -0.05) is 27.2 Å². The predicted molar refractivity (Wildman–Crippen MR) is 72.0 cm³/mol. The van der Waals surface area contributed by atoms with E-state index in [1.54, 1.807) is 0 Å². The summed E-state index contributed by atoms with van der Waals surface area (Å²) in [6.45, 7) is 9.06. The van der Waals surface area contributed by atoms with E-state index >= 15 is 0 Å². The van der Waals surface area contributed by atoms with Crippen LogP contribution in [0.1, 0.15) is 52.9 Å². The van der Waals surface area contributed by atoms with Crippen molar-refractivity contribution in [1.82, 2.24) is 10.2 Å². The standard InChI is InChI=1S/C14H28N2O/c1-4-8-13-9-6-7-10-16(13)14(17)12(3)11-15-5-2/h12-13,15H,4-11H2,1-3H3. The molecule has 0 aromatic carbocycles. The third-order valence-electron chi connectivity index (χ3n) is 3.65. The van der Waals surface area contributed by atoms with Crippen LogP contribution in [0.15, 0.2) is 0 Å². The molecule has 0 radical (unpaired) electrons.